The molecular weight excluding hydrogens is 260 g/mol. The summed E-state index contributed by atoms with van der Waals surface area (Å²) >= 11 is 1.90. The molecule has 1 saturated heterocycles. The van der Waals surface area contributed by atoms with Crippen molar-refractivity contribution in [1.82, 2.24) is 10.6 Å². The van der Waals surface area contributed by atoms with Crippen LogP contribution in [-0.4, -0.2) is 49.3 Å². The van der Waals surface area contributed by atoms with E-state index in [2.05, 4.69) is 17.6 Å². The van der Waals surface area contributed by atoms with E-state index in [1.54, 1.807) is 0 Å². The monoisotopic (exact) mass is 282 g/mol. The lowest BCUT2D eigenvalue weighted by molar-refractivity contribution is -0.134. The first-order valence-corrected chi connectivity index (χ1v) is 7.10. The highest BCUT2D eigenvalue weighted by molar-refractivity contribution is 7.99. The Morgan fingerprint density at radius 2 is 2.41 bits per heavy atom. The van der Waals surface area contributed by atoms with Gasteiger partial charge in [-0.05, 0) is 24.9 Å². The van der Waals surface area contributed by atoms with Gasteiger partial charge in [0.15, 0.2) is 0 Å². The SMILES string of the molecule is CCSCCC(C)NC(=O)C1CNCCO1.Cl. The van der Waals surface area contributed by atoms with E-state index in [-0.39, 0.29) is 30.5 Å². The summed E-state index contributed by atoms with van der Waals surface area (Å²) in [4.78, 5) is 11.8. The van der Waals surface area contributed by atoms with Crippen molar-refractivity contribution in [3.05, 3.63) is 0 Å². The molecule has 0 aromatic carbocycles. The van der Waals surface area contributed by atoms with Gasteiger partial charge in [0.1, 0.15) is 6.10 Å². The first kappa shape index (κ1) is 17.0. The minimum absolute atomic E-state index is 0. The maximum atomic E-state index is 11.8. The number of hydrogen-bond acceptors (Lipinski definition) is 4. The fourth-order valence-electron chi connectivity index (χ4n) is 1.55. The lowest BCUT2D eigenvalue weighted by atomic mass is 10.2. The number of halogens is 1. The molecule has 0 bridgehead atoms. The van der Waals surface area contributed by atoms with Crippen molar-refractivity contribution in [3.8, 4) is 0 Å². The third-order valence-electron chi connectivity index (χ3n) is 2.51. The molecule has 1 amide bonds. The van der Waals surface area contributed by atoms with Crippen molar-refractivity contribution in [2.75, 3.05) is 31.2 Å². The molecule has 17 heavy (non-hydrogen) atoms. The topological polar surface area (TPSA) is 50.4 Å². The molecule has 0 aromatic heterocycles. The van der Waals surface area contributed by atoms with Crippen LogP contribution in [0.1, 0.15) is 20.3 Å². The Morgan fingerprint density at radius 3 is 3.00 bits per heavy atom. The number of hydrogen-bond donors (Lipinski definition) is 2. The second-order valence-corrected chi connectivity index (χ2v) is 5.35. The molecule has 1 heterocycles. The molecule has 2 unspecified atom stereocenters. The van der Waals surface area contributed by atoms with Crippen LogP contribution in [0.15, 0.2) is 0 Å². The van der Waals surface area contributed by atoms with E-state index >= 15 is 0 Å². The van der Waals surface area contributed by atoms with Gasteiger partial charge in [-0.15, -0.1) is 12.4 Å². The van der Waals surface area contributed by atoms with Crippen LogP contribution >= 0.6 is 24.2 Å². The average molecular weight is 283 g/mol. The van der Waals surface area contributed by atoms with Crippen LogP contribution in [0.2, 0.25) is 0 Å². The van der Waals surface area contributed by atoms with Crippen LogP contribution in [0.25, 0.3) is 0 Å². The molecule has 1 aliphatic heterocycles. The zero-order valence-corrected chi connectivity index (χ0v) is 12.2. The summed E-state index contributed by atoms with van der Waals surface area (Å²) in [6.45, 7) is 6.28. The van der Waals surface area contributed by atoms with Gasteiger partial charge in [0.05, 0.1) is 6.61 Å². The number of thioether (sulfide) groups is 1. The zero-order valence-electron chi connectivity index (χ0n) is 10.5. The van der Waals surface area contributed by atoms with Gasteiger partial charge in [0.2, 0.25) is 0 Å². The second-order valence-electron chi connectivity index (χ2n) is 3.96. The van der Waals surface area contributed by atoms with E-state index in [0.29, 0.717) is 13.2 Å². The van der Waals surface area contributed by atoms with Crippen molar-refractivity contribution in [2.45, 2.75) is 32.4 Å². The maximum absolute atomic E-state index is 11.8. The number of carbonyl (C=O) groups is 1. The molecule has 0 radical (unpaired) electrons. The summed E-state index contributed by atoms with van der Waals surface area (Å²) in [6.07, 6.45) is 0.708. The van der Waals surface area contributed by atoms with Crippen LogP contribution < -0.4 is 10.6 Å². The summed E-state index contributed by atoms with van der Waals surface area (Å²) in [6, 6.07) is 0.233. The minimum Gasteiger partial charge on any atom is -0.366 e. The lowest BCUT2D eigenvalue weighted by Crippen LogP contribution is -2.49. The zero-order chi connectivity index (χ0) is 11.8. The fourth-order valence-corrected chi connectivity index (χ4v) is 2.36. The highest BCUT2D eigenvalue weighted by atomic mass is 35.5. The summed E-state index contributed by atoms with van der Waals surface area (Å²) in [5.41, 5.74) is 0. The van der Waals surface area contributed by atoms with Crippen molar-refractivity contribution >= 4 is 30.1 Å². The fraction of sp³-hybridized carbons (Fsp3) is 0.909. The second kappa shape index (κ2) is 10.00. The van der Waals surface area contributed by atoms with Gasteiger partial charge in [-0.25, -0.2) is 0 Å². The smallest absolute Gasteiger partial charge is 0.250 e. The van der Waals surface area contributed by atoms with Crippen LogP contribution in [0.5, 0.6) is 0 Å². The molecule has 1 rings (SSSR count). The third-order valence-corrected chi connectivity index (χ3v) is 3.44. The number of nitrogens with one attached hydrogen (secondary N) is 2. The minimum atomic E-state index is -0.310. The van der Waals surface area contributed by atoms with E-state index in [9.17, 15) is 4.79 Å². The van der Waals surface area contributed by atoms with Crippen molar-refractivity contribution in [2.24, 2.45) is 0 Å². The molecule has 6 heteroatoms. The quantitative estimate of drug-likeness (QED) is 0.715. The van der Waals surface area contributed by atoms with E-state index in [0.717, 1.165) is 24.5 Å². The van der Waals surface area contributed by atoms with Crippen molar-refractivity contribution in [3.63, 3.8) is 0 Å². The van der Waals surface area contributed by atoms with Crippen LogP contribution in [0.3, 0.4) is 0 Å². The average Bonchev–Trinajstić information content (AvgIpc) is 2.30. The first-order valence-electron chi connectivity index (χ1n) is 5.94. The van der Waals surface area contributed by atoms with Gasteiger partial charge in [-0.3, -0.25) is 4.79 Å². The Labute approximate surface area is 114 Å². The van der Waals surface area contributed by atoms with Gasteiger partial charge in [-0.2, -0.15) is 11.8 Å². The Kier molecular flexibility index (Phi) is 10.0. The largest absolute Gasteiger partial charge is 0.366 e. The maximum Gasteiger partial charge on any atom is 0.250 e. The highest BCUT2D eigenvalue weighted by Gasteiger charge is 2.22. The number of morpholine rings is 1. The van der Waals surface area contributed by atoms with Crippen LogP contribution in [0, 0.1) is 0 Å². The van der Waals surface area contributed by atoms with Gasteiger partial charge in [0.25, 0.3) is 5.91 Å². The van der Waals surface area contributed by atoms with E-state index in [1.165, 1.54) is 0 Å². The summed E-state index contributed by atoms with van der Waals surface area (Å²) in [5.74, 6) is 2.25. The van der Waals surface area contributed by atoms with Gasteiger partial charge < -0.3 is 15.4 Å². The lowest BCUT2D eigenvalue weighted by Gasteiger charge is -2.24. The first-order chi connectivity index (χ1) is 7.74. The van der Waals surface area contributed by atoms with E-state index in [1.807, 2.05) is 18.7 Å². The molecule has 1 aliphatic rings. The molecular formula is C11H23ClN2O2S. The van der Waals surface area contributed by atoms with E-state index < -0.39 is 0 Å². The molecule has 0 aromatic rings. The Morgan fingerprint density at radius 1 is 1.65 bits per heavy atom. The Bertz CT molecular complexity index is 214. The number of amides is 1. The van der Waals surface area contributed by atoms with Gasteiger partial charge in [0, 0.05) is 19.1 Å². The molecule has 0 saturated carbocycles. The third kappa shape index (κ3) is 7.13. The summed E-state index contributed by atoms with van der Waals surface area (Å²) in [5, 5.41) is 6.14. The Balaban J connectivity index is 0.00000256. The summed E-state index contributed by atoms with van der Waals surface area (Å²) < 4.78 is 5.39. The highest BCUT2D eigenvalue weighted by Crippen LogP contribution is 2.04. The molecule has 0 aliphatic carbocycles. The van der Waals surface area contributed by atoms with Crippen LogP contribution in [-0.2, 0) is 9.53 Å². The standard InChI is InChI=1S/C11H22N2O2S.ClH/c1-3-16-7-4-9(2)13-11(14)10-8-12-5-6-15-10;/h9-10,12H,3-8H2,1-2H3,(H,13,14);1H. The molecule has 2 N–H and O–H groups in total. The number of rotatable bonds is 6. The molecule has 4 nitrogen and oxygen atoms in total. The molecule has 102 valence electrons. The molecule has 2 atom stereocenters. The van der Waals surface area contributed by atoms with Gasteiger partial charge in [-0.1, -0.05) is 6.92 Å². The molecule has 1 fully saturated rings. The van der Waals surface area contributed by atoms with Crippen molar-refractivity contribution in [1.29, 1.82) is 0 Å². The van der Waals surface area contributed by atoms with Crippen LogP contribution in [0.4, 0.5) is 0 Å². The predicted molar refractivity (Wildman–Crippen MR) is 75.1 cm³/mol. The summed E-state index contributed by atoms with van der Waals surface area (Å²) in [7, 11) is 0. The Hall–Kier alpha value is 0.0300. The van der Waals surface area contributed by atoms with Gasteiger partial charge >= 0.3 is 0 Å². The predicted octanol–water partition coefficient (Wildman–Crippen LogP) is 1.04. The van der Waals surface area contributed by atoms with E-state index in [4.69, 9.17) is 4.74 Å². The van der Waals surface area contributed by atoms with Crippen molar-refractivity contribution < 1.29 is 9.53 Å². The number of carbonyl (C=O) groups excluding carboxylic acids is 1. The number of ether oxygens (including phenoxy) is 1. The normalized spacial score (nSPS) is 21.4. The molecule has 0 spiro atoms.